The van der Waals surface area contributed by atoms with Crippen LogP contribution < -0.4 is 0 Å². The van der Waals surface area contributed by atoms with Crippen molar-refractivity contribution in [3.8, 4) is 22.4 Å². The molecular weight excluding hydrogens is 684 g/mol. The van der Waals surface area contributed by atoms with Crippen molar-refractivity contribution in [3.63, 3.8) is 0 Å². The number of aromatic amines is 2. The highest BCUT2D eigenvalue weighted by Crippen LogP contribution is 2.54. The Labute approximate surface area is 311 Å². The van der Waals surface area contributed by atoms with Crippen molar-refractivity contribution < 1.29 is 23.5 Å². The van der Waals surface area contributed by atoms with E-state index in [0.717, 1.165) is 70.0 Å². The van der Waals surface area contributed by atoms with Gasteiger partial charge in [0, 0.05) is 23.0 Å². The molecule has 10 rings (SSSR count). The summed E-state index contributed by atoms with van der Waals surface area (Å²) in [6, 6.07) is 25.1. The third kappa shape index (κ3) is 5.77. The lowest BCUT2D eigenvalue weighted by atomic mass is 9.99. The van der Waals surface area contributed by atoms with Crippen molar-refractivity contribution in [2.24, 2.45) is 11.8 Å². The monoisotopic (exact) mass is 724 g/mol. The lowest BCUT2D eigenvalue weighted by Crippen LogP contribution is -2.38. The molecule has 274 valence electrons. The van der Waals surface area contributed by atoms with E-state index in [0.29, 0.717) is 28.9 Å². The number of hydrogen-bond donors (Lipinski definition) is 2. The van der Waals surface area contributed by atoms with Crippen molar-refractivity contribution in [2.75, 3.05) is 0 Å². The van der Waals surface area contributed by atoms with Gasteiger partial charge in [-0.2, -0.15) is 0 Å². The highest BCUT2D eigenvalue weighted by molar-refractivity contribution is 6.05. The number of piperidine rings is 2. The number of carbonyl (C=O) groups is 2. The summed E-state index contributed by atoms with van der Waals surface area (Å²) in [6.07, 6.45) is 4.68. The minimum atomic E-state index is -0.590. The van der Waals surface area contributed by atoms with Gasteiger partial charge in [-0.3, -0.25) is 9.80 Å². The van der Waals surface area contributed by atoms with Gasteiger partial charge in [0.05, 0.1) is 35.0 Å². The standard InChI is InChI=1S/C43H41FN6O4/c1-43(2,3)54-42(52)50-35-18-27(35)19-36(50)39-45-21-33(47-39)30-13-10-25(16-31(30)44)24-9-12-29-26(15-24)11-14-32-38(29)48-40(46-32)37-20-28-17-34(28)49(37)41(51)53-22-23-7-5-4-6-8-23/h4-16,21,27-28,34-37H,17-20,22H2,1-3H3,(H,45,47)(H,46,48)/t27?,28-,34-,35-,36+,37+/m1/s1. The van der Waals surface area contributed by atoms with Crippen LogP contribution in [0.5, 0.6) is 0 Å². The van der Waals surface area contributed by atoms with Crippen LogP contribution in [-0.4, -0.2) is 59.6 Å². The Kier molecular flexibility index (Phi) is 7.41. The second kappa shape index (κ2) is 12.2. The molecular formula is C43H41FN6O4. The number of H-pyrrole nitrogens is 2. The number of rotatable bonds is 6. The zero-order chi connectivity index (χ0) is 36.9. The zero-order valence-electron chi connectivity index (χ0n) is 30.4. The Morgan fingerprint density at radius 2 is 1.52 bits per heavy atom. The van der Waals surface area contributed by atoms with Crippen molar-refractivity contribution in [2.45, 2.75) is 82.8 Å². The van der Waals surface area contributed by atoms with E-state index in [4.69, 9.17) is 14.5 Å². The number of aromatic nitrogens is 4. The van der Waals surface area contributed by atoms with Crippen LogP contribution in [0, 0.1) is 17.7 Å². The first-order valence-electron chi connectivity index (χ1n) is 18.9. The summed E-state index contributed by atoms with van der Waals surface area (Å²) in [5.41, 5.74) is 4.73. The van der Waals surface area contributed by atoms with E-state index in [1.807, 2.05) is 91.2 Å². The molecule has 4 aromatic carbocycles. The molecule has 54 heavy (non-hydrogen) atoms. The predicted octanol–water partition coefficient (Wildman–Crippen LogP) is 9.45. The highest BCUT2D eigenvalue weighted by Gasteiger charge is 2.57. The average molecular weight is 725 g/mol. The fraction of sp³-hybridized carbons (Fsp3) is 0.349. The Morgan fingerprint density at radius 3 is 2.26 bits per heavy atom. The van der Waals surface area contributed by atoms with Crippen LogP contribution in [0.15, 0.2) is 85.1 Å². The molecule has 1 unspecified atom stereocenters. The number of hydrogen-bond acceptors (Lipinski definition) is 6. The zero-order valence-corrected chi connectivity index (χ0v) is 30.4. The third-order valence-electron chi connectivity index (χ3n) is 11.5. The van der Waals surface area contributed by atoms with Crippen LogP contribution >= 0.6 is 0 Å². The lowest BCUT2D eigenvalue weighted by Gasteiger charge is -2.29. The number of imidazole rings is 2. The molecule has 2 amide bonds. The van der Waals surface area contributed by atoms with E-state index >= 15 is 4.39 Å². The molecule has 2 aliphatic carbocycles. The van der Waals surface area contributed by atoms with Gasteiger partial charge >= 0.3 is 12.2 Å². The first-order chi connectivity index (χ1) is 26.1. The minimum absolute atomic E-state index is 0.168. The summed E-state index contributed by atoms with van der Waals surface area (Å²) in [4.78, 5) is 46.5. The first-order valence-corrected chi connectivity index (χ1v) is 18.9. The van der Waals surface area contributed by atoms with Crippen LogP contribution in [-0.2, 0) is 16.1 Å². The summed E-state index contributed by atoms with van der Waals surface area (Å²) in [5.74, 6) is 1.97. The second-order valence-corrected chi connectivity index (χ2v) is 16.4. The van der Waals surface area contributed by atoms with Crippen molar-refractivity contribution in [1.29, 1.82) is 0 Å². The maximum Gasteiger partial charge on any atom is 0.411 e. The molecule has 4 heterocycles. The van der Waals surface area contributed by atoms with E-state index in [1.165, 1.54) is 0 Å². The number of benzene rings is 4. The number of amides is 2. The number of ether oxygens (including phenoxy) is 2. The van der Waals surface area contributed by atoms with E-state index in [-0.39, 0.29) is 48.8 Å². The number of nitrogens with one attached hydrogen (secondary N) is 2. The summed E-state index contributed by atoms with van der Waals surface area (Å²) in [7, 11) is 0. The maximum atomic E-state index is 15.8. The summed E-state index contributed by atoms with van der Waals surface area (Å²) in [6.45, 7) is 5.84. The number of halogens is 1. The third-order valence-corrected chi connectivity index (χ3v) is 11.5. The Balaban J connectivity index is 0.874. The van der Waals surface area contributed by atoms with E-state index in [9.17, 15) is 9.59 Å². The summed E-state index contributed by atoms with van der Waals surface area (Å²) < 4.78 is 27.3. The fourth-order valence-corrected chi connectivity index (χ4v) is 8.75. The van der Waals surface area contributed by atoms with Gasteiger partial charge in [0.15, 0.2) is 0 Å². The molecule has 10 nitrogen and oxygen atoms in total. The maximum absolute atomic E-state index is 15.8. The predicted molar refractivity (Wildman–Crippen MR) is 202 cm³/mol. The molecule has 2 saturated carbocycles. The molecule has 6 aromatic rings. The molecule has 2 aromatic heterocycles. The normalized spacial score (nSPS) is 24.1. The molecule has 0 radical (unpaired) electrons. The van der Waals surface area contributed by atoms with Gasteiger partial charge < -0.3 is 19.4 Å². The molecule has 6 atom stereocenters. The fourth-order valence-electron chi connectivity index (χ4n) is 8.75. The highest BCUT2D eigenvalue weighted by atomic mass is 19.1. The smallest absolute Gasteiger partial charge is 0.411 e. The number of nitrogens with zero attached hydrogens (tertiary/aromatic N) is 4. The molecule has 0 bridgehead atoms. The SMILES string of the molecule is CC(C)(C)OC(=O)N1[C@@H]2CC2C[C@H]1c1ncc(-c2ccc(-c3ccc4c(ccc5[nH]c([C@@H]6C[C@H]7C[C@H]7N6C(=O)OCc6ccccc6)nc54)c3)cc2F)[nH]1. The summed E-state index contributed by atoms with van der Waals surface area (Å²) >= 11 is 0. The van der Waals surface area contributed by atoms with Crippen molar-refractivity contribution in [1.82, 2.24) is 29.7 Å². The average Bonchev–Trinajstić information content (AvgIpc) is 3.77. The van der Waals surface area contributed by atoms with Crippen LogP contribution in [0.3, 0.4) is 0 Å². The molecule has 0 spiro atoms. The van der Waals surface area contributed by atoms with Crippen molar-refractivity contribution >= 4 is 34.0 Å². The van der Waals surface area contributed by atoms with Crippen molar-refractivity contribution in [3.05, 3.63) is 108 Å². The second-order valence-electron chi connectivity index (χ2n) is 16.4. The van der Waals surface area contributed by atoms with Gasteiger partial charge in [0.25, 0.3) is 0 Å². The van der Waals surface area contributed by atoms with E-state index in [2.05, 4.69) is 21.0 Å². The Morgan fingerprint density at radius 1 is 0.815 bits per heavy atom. The molecule has 4 fully saturated rings. The van der Waals surface area contributed by atoms with Gasteiger partial charge in [0.1, 0.15) is 29.7 Å². The van der Waals surface area contributed by atoms with Crippen LogP contribution in [0.4, 0.5) is 14.0 Å². The first kappa shape index (κ1) is 32.9. The lowest BCUT2D eigenvalue weighted by molar-refractivity contribution is 0.0175. The largest absolute Gasteiger partial charge is 0.445 e. The van der Waals surface area contributed by atoms with E-state index in [1.54, 1.807) is 18.3 Å². The van der Waals surface area contributed by atoms with Crippen LogP contribution in [0.25, 0.3) is 44.2 Å². The topological polar surface area (TPSA) is 116 Å². The van der Waals surface area contributed by atoms with Gasteiger partial charge in [-0.25, -0.2) is 23.9 Å². The van der Waals surface area contributed by atoms with Gasteiger partial charge in [-0.1, -0.05) is 54.6 Å². The van der Waals surface area contributed by atoms with Crippen LogP contribution in [0.1, 0.15) is 75.8 Å². The number of likely N-dealkylation sites (tertiary alicyclic amines) is 2. The van der Waals surface area contributed by atoms with Gasteiger partial charge in [-0.05, 0) is 105 Å². The molecule has 2 N–H and O–H groups in total. The van der Waals surface area contributed by atoms with E-state index < -0.39 is 5.60 Å². The van der Waals surface area contributed by atoms with Gasteiger partial charge in [0.2, 0.25) is 0 Å². The van der Waals surface area contributed by atoms with Crippen LogP contribution in [0.2, 0.25) is 0 Å². The quantitative estimate of drug-likeness (QED) is 0.177. The number of carbonyl (C=O) groups excluding carboxylic acids is 2. The Hall–Kier alpha value is -5.71. The summed E-state index contributed by atoms with van der Waals surface area (Å²) in [5, 5.41) is 1.96. The minimum Gasteiger partial charge on any atom is -0.445 e. The number of fused-ring (bicyclic) bond motifs is 5. The van der Waals surface area contributed by atoms with Gasteiger partial charge in [-0.15, -0.1) is 0 Å². The molecule has 11 heteroatoms. The molecule has 2 aliphatic heterocycles. The molecule has 4 aliphatic rings. The molecule has 2 saturated heterocycles. The Bertz CT molecular complexity index is 2450.